The van der Waals surface area contributed by atoms with Gasteiger partial charge < -0.3 is 15.4 Å². The van der Waals surface area contributed by atoms with Gasteiger partial charge in [0.15, 0.2) is 5.96 Å². The van der Waals surface area contributed by atoms with Crippen molar-refractivity contribution in [3.05, 3.63) is 65.2 Å². The predicted octanol–water partition coefficient (Wildman–Crippen LogP) is 2.88. The van der Waals surface area contributed by atoms with E-state index in [-0.39, 0.29) is 0 Å². The van der Waals surface area contributed by atoms with E-state index < -0.39 is 11.6 Å². The molecule has 0 radical (unpaired) electrons. The quantitative estimate of drug-likeness (QED) is 0.631. The van der Waals surface area contributed by atoms with Crippen LogP contribution in [0.15, 0.2) is 47.5 Å². The number of guanidine groups is 1. The Bertz CT molecular complexity index is 704. The first-order chi connectivity index (χ1) is 11.6. The molecule has 0 spiro atoms. The summed E-state index contributed by atoms with van der Waals surface area (Å²) in [6, 6.07) is 11.3. The first-order valence-electron chi connectivity index (χ1n) is 7.64. The highest BCUT2D eigenvalue weighted by Gasteiger charge is 2.05. The maximum Gasteiger partial charge on any atom is 0.191 e. The number of para-hydroxylation sites is 1. The number of methoxy groups -OCH3 is 1. The molecule has 0 amide bonds. The predicted molar refractivity (Wildman–Crippen MR) is 91.3 cm³/mol. The van der Waals surface area contributed by atoms with Crippen LogP contribution in [0.2, 0.25) is 0 Å². The summed E-state index contributed by atoms with van der Waals surface area (Å²) in [7, 11) is 3.29. The molecule has 0 aromatic heterocycles. The molecule has 0 saturated heterocycles. The number of nitrogens with one attached hydrogen (secondary N) is 2. The van der Waals surface area contributed by atoms with Gasteiger partial charge in [-0.05, 0) is 24.1 Å². The molecule has 2 N–H and O–H groups in total. The van der Waals surface area contributed by atoms with Crippen LogP contribution in [0.1, 0.15) is 11.1 Å². The summed E-state index contributed by atoms with van der Waals surface area (Å²) in [5.41, 5.74) is 1.47. The molecule has 0 heterocycles. The van der Waals surface area contributed by atoms with Gasteiger partial charge in [0.1, 0.15) is 17.4 Å². The number of rotatable bonds is 6. The van der Waals surface area contributed by atoms with Gasteiger partial charge in [-0.3, -0.25) is 4.99 Å². The number of halogens is 2. The average Bonchev–Trinajstić information content (AvgIpc) is 2.59. The van der Waals surface area contributed by atoms with E-state index in [0.717, 1.165) is 17.4 Å². The Labute approximate surface area is 140 Å². The maximum atomic E-state index is 13.6. The normalized spacial score (nSPS) is 11.2. The Morgan fingerprint density at radius 2 is 1.88 bits per heavy atom. The summed E-state index contributed by atoms with van der Waals surface area (Å²) in [5.74, 6) is 0.296. The first kappa shape index (κ1) is 17.7. The van der Waals surface area contributed by atoms with Crippen LogP contribution in [0, 0.1) is 11.6 Å². The number of aliphatic imine (C=N–C) groups is 1. The van der Waals surface area contributed by atoms with Crippen molar-refractivity contribution in [3.8, 4) is 5.75 Å². The SMILES string of the molecule is CN=C(NCCc1ccc(F)cc1F)NCc1ccccc1OC. The zero-order chi connectivity index (χ0) is 17.4. The summed E-state index contributed by atoms with van der Waals surface area (Å²) >= 11 is 0. The third-order valence-corrected chi connectivity index (χ3v) is 3.56. The van der Waals surface area contributed by atoms with Crippen molar-refractivity contribution in [1.29, 1.82) is 0 Å². The minimum absolute atomic E-state index is 0.432. The van der Waals surface area contributed by atoms with Crippen LogP contribution in [-0.4, -0.2) is 26.7 Å². The van der Waals surface area contributed by atoms with E-state index in [0.29, 0.717) is 31.0 Å². The lowest BCUT2D eigenvalue weighted by Crippen LogP contribution is -2.38. The van der Waals surface area contributed by atoms with E-state index >= 15 is 0 Å². The monoisotopic (exact) mass is 333 g/mol. The standard InChI is InChI=1S/C18H21F2N3O/c1-21-18(23-12-14-5-3-4-6-17(14)24-2)22-10-9-13-7-8-15(19)11-16(13)20/h3-8,11H,9-10,12H2,1-2H3,(H2,21,22,23). The van der Waals surface area contributed by atoms with E-state index in [4.69, 9.17) is 4.74 Å². The summed E-state index contributed by atoms with van der Waals surface area (Å²) in [6.07, 6.45) is 0.432. The van der Waals surface area contributed by atoms with Crippen LogP contribution < -0.4 is 15.4 Å². The number of benzene rings is 2. The van der Waals surface area contributed by atoms with E-state index in [1.165, 1.54) is 12.1 Å². The lowest BCUT2D eigenvalue weighted by molar-refractivity contribution is 0.409. The van der Waals surface area contributed by atoms with E-state index in [9.17, 15) is 8.78 Å². The zero-order valence-electron chi connectivity index (χ0n) is 13.8. The first-order valence-corrected chi connectivity index (χ1v) is 7.64. The summed E-state index contributed by atoms with van der Waals surface area (Å²) in [5, 5.41) is 6.28. The zero-order valence-corrected chi connectivity index (χ0v) is 13.8. The third-order valence-electron chi connectivity index (χ3n) is 3.56. The molecule has 4 nitrogen and oxygen atoms in total. The third kappa shape index (κ3) is 4.94. The largest absolute Gasteiger partial charge is 0.496 e. The van der Waals surface area contributed by atoms with Gasteiger partial charge in [-0.2, -0.15) is 0 Å². The van der Waals surface area contributed by atoms with Crippen LogP contribution >= 0.6 is 0 Å². The average molecular weight is 333 g/mol. The van der Waals surface area contributed by atoms with Gasteiger partial charge >= 0.3 is 0 Å². The Kier molecular flexibility index (Phi) is 6.54. The Morgan fingerprint density at radius 1 is 1.08 bits per heavy atom. The lowest BCUT2D eigenvalue weighted by atomic mass is 10.1. The molecule has 2 aromatic carbocycles. The second kappa shape index (κ2) is 8.86. The van der Waals surface area contributed by atoms with Crippen molar-refractivity contribution in [1.82, 2.24) is 10.6 Å². The van der Waals surface area contributed by atoms with E-state index in [2.05, 4.69) is 15.6 Å². The van der Waals surface area contributed by atoms with Crippen LogP contribution in [-0.2, 0) is 13.0 Å². The number of hydrogen-bond acceptors (Lipinski definition) is 2. The number of nitrogens with zero attached hydrogens (tertiary/aromatic N) is 1. The van der Waals surface area contributed by atoms with Crippen LogP contribution in [0.25, 0.3) is 0 Å². The number of hydrogen-bond donors (Lipinski definition) is 2. The second-order valence-electron chi connectivity index (χ2n) is 5.15. The fourth-order valence-corrected chi connectivity index (χ4v) is 2.29. The van der Waals surface area contributed by atoms with Crippen LogP contribution in [0.4, 0.5) is 8.78 Å². The highest BCUT2D eigenvalue weighted by molar-refractivity contribution is 5.79. The fraction of sp³-hybridized carbons (Fsp3) is 0.278. The molecule has 0 fully saturated rings. The van der Waals surface area contributed by atoms with Crippen LogP contribution in [0.5, 0.6) is 5.75 Å². The second-order valence-corrected chi connectivity index (χ2v) is 5.15. The molecule has 2 rings (SSSR count). The van der Waals surface area contributed by atoms with Crippen molar-refractivity contribution in [2.75, 3.05) is 20.7 Å². The van der Waals surface area contributed by atoms with Crippen molar-refractivity contribution < 1.29 is 13.5 Å². The molecule has 0 aliphatic heterocycles. The van der Waals surface area contributed by atoms with Gasteiger partial charge in [-0.25, -0.2) is 8.78 Å². The Balaban J connectivity index is 1.84. The molecule has 0 aliphatic rings. The van der Waals surface area contributed by atoms with Gasteiger partial charge in [0.05, 0.1) is 7.11 Å². The fourth-order valence-electron chi connectivity index (χ4n) is 2.29. The highest BCUT2D eigenvalue weighted by atomic mass is 19.1. The van der Waals surface area contributed by atoms with Gasteiger partial charge in [0.25, 0.3) is 0 Å². The van der Waals surface area contributed by atoms with Crippen molar-refractivity contribution >= 4 is 5.96 Å². The molecular weight excluding hydrogens is 312 g/mol. The topological polar surface area (TPSA) is 45.7 Å². The van der Waals surface area contributed by atoms with Gasteiger partial charge in [-0.15, -0.1) is 0 Å². The van der Waals surface area contributed by atoms with E-state index in [1.807, 2.05) is 24.3 Å². The molecule has 24 heavy (non-hydrogen) atoms. The highest BCUT2D eigenvalue weighted by Crippen LogP contribution is 2.16. The Morgan fingerprint density at radius 3 is 2.58 bits per heavy atom. The molecule has 0 unspecified atom stereocenters. The smallest absolute Gasteiger partial charge is 0.191 e. The van der Waals surface area contributed by atoms with Gasteiger partial charge in [0, 0.05) is 31.8 Å². The molecule has 0 aliphatic carbocycles. The summed E-state index contributed by atoms with van der Waals surface area (Å²) < 4.78 is 31.8. The minimum atomic E-state index is -0.571. The van der Waals surface area contributed by atoms with Crippen molar-refractivity contribution in [2.45, 2.75) is 13.0 Å². The maximum absolute atomic E-state index is 13.6. The summed E-state index contributed by atoms with van der Waals surface area (Å²) in [4.78, 5) is 4.13. The minimum Gasteiger partial charge on any atom is -0.496 e. The van der Waals surface area contributed by atoms with Gasteiger partial charge in [0.2, 0.25) is 0 Å². The number of ether oxygens (including phenoxy) is 1. The van der Waals surface area contributed by atoms with Crippen molar-refractivity contribution in [2.24, 2.45) is 4.99 Å². The van der Waals surface area contributed by atoms with Crippen molar-refractivity contribution in [3.63, 3.8) is 0 Å². The molecular formula is C18H21F2N3O. The lowest BCUT2D eigenvalue weighted by Gasteiger charge is -2.14. The van der Waals surface area contributed by atoms with E-state index in [1.54, 1.807) is 14.2 Å². The molecule has 0 bridgehead atoms. The molecule has 0 atom stereocenters. The molecule has 6 heteroatoms. The Hall–Kier alpha value is -2.63. The molecule has 0 saturated carbocycles. The van der Waals surface area contributed by atoms with Crippen LogP contribution in [0.3, 0.4) is 0 Å². The van der Waals surface area contributed by atoms with Gasteiger partial charge in [-0.1, -0.05) is 24.3 Å². The summed E-state index contributed by atoms with van der Waals surface area (Å²) in [6.45, 7) is 1.03. The molecule has 2 aromatic rings. The molecule has 128 valence electrons.